The van der Waals surface area contributed by atoms with Crippen molar-refractivity contribution in [1.29, 1.82) is 0 Å². The van der Waals surface area contributed by atoms with Gasteiger partial charge in [0, 0.05) is 12.1 Å². The largest absolute Gasteiger partial charge is 0.489 e. The first-order chi connectivity index (χ1) is 14.1. The normalized spacial score (nSPS) is 12.5. The maximum absolute atomic E-state index is 12.4. The molecule has 3 aromatic rings. The first kappa shape index (κ1) is 18.9. The van der Waals surface area contributed by atoms with Gasteiger partial charge in [-0.05, 0) is 55.8 Å². The molecule has 0 unspecified atom stereocenters. The van der Waals surface area contributed by atoms with Crippen LogP contribution in [0, 0.1) is 13.8 Å². The van der Waals surface area contributed by atoms with Gasteiger partial charge in [0.15, 0.2) is 11.5 Å². The van der Waals surface area contributed by atoms with Crippen LogP contribution in [0.5, 0.6) is 17.2 Å². The number of carbonyl (C=O) groups is 1. The molecule has 4 rings (SSSR count). The maximum atomic E-state index is 12.4. The minimum Gasteiger partial charge on any atom is -0.489 e. The van der Waals surface area contributed by atoms with E-state index in [-0.39, 0.29) is 5.91 Å². The van der Waals surface area contributed by atoms with Crippen LogP contribution in [0.4, 0.5) is 0 Å². The standard InChI is InChI=1S/C22H22N2O5/c1-14-19(15(2)29-24-14)13-28-18-6-4-17(5-7-18)22(25)23-12-16-3-8-20-21(11-16)27-10-9-26-20/h3-8,11H,9-10,12-13H2,1-2H3,(H,23,25). The molecule has 0 atom stereocenters. The molecule has 0 saturated heterocycles. The van der Waals surface area contributed by atoms with E-state index >= 15 is 0 Å². The lowest BCUT2D eigenvalue weighted by atomic mass is 10.1. The van der Waals surface area contributed by atoms with E-state index < -0.39 is 0 Å². The average molecular weight is 394 g/mol. The van der Waals surface area contributed by atoms with E-state index in [0.29, 0.717) is 43.4 Å². The summed E-state index contributed by atoms with van der Waals surface area (Å²) in [6.45, 7) is 5.60. The van der Waals surface area contributed by atoms with Gasteiger partial charge in [0.2, 0.25) is 0 Å². The van der Waals surface area contributed by atoms with Gasteiger partial charge in [-0.2, -0.15) is 0 Å². The summed E-state index contributed by atoms with van der Waals surface area (Å²) in [4.78, 5) is 12.4. The Balaban J connectivity index is 1.32. The van der Waals surface area contributed by atoms with Gasteiger partial charge in [-0.1, -0.05) is 11.2 Å². The van der Waals surface area contributed by atoms with Gasteiger partial charge in [-0.15, -0.1) is 0 Å². The van der Waals surface area contributed by atoms with E-state index in [9.17, 15) is 4.79 Å². The van der Waals surface area contributed by atoms with Crippen molar-refractivity contribution in [2.75, 3.05) is 13.2 Å². The number of aromatic nitrogens is 1. The van der Waals surface area contributed by atoms with Crippen LogP contribution < -0.4 is 19.5 Å². The Bertz CT molecular complexity index is 991. The SMILES string of the molecule is Cc1noc(C)c1COc1ccc(C(=O)NCc2ccc3c(c2)OCCO3)cc1. The fourth-order valence-electron chi connectivity index (χ4n) is 3.05. The highest BCUT2D eigenvalue weighted by Gasteiger charge is 2.13. The predicted octanol–water partition coefficient (Wildman–Crippen LogP) is 3.57. The number of fused-ring (bicyclic) bond motifs is 1. The fraction of sp³-hybridized carbons (Fsp3) is 0.273. The molecular formula is C22H22N2O5. The molecule has 0 aliphatic carbocycles. The molecule has 0 bridgehead atoms. The fourth-order valence-corrected chi connectivity index (χ4v) is 3.05. The summed E-state index contributed by atoms with van der Waals surface area (Å²) in [7, 11) is 0. The maximum Gasteiger partial charge on any atom is 0.251 e. The second-order valence-corrected chi connectivity index (χ2v) is 6.78. The van der Waals surface area contributed by atoms with Crippen LogP contribution in [0.1, 0.15) is 32.9 Å². The number of aryl methyl sites for hydroxylation is 2. The molecule has 7 heteroatoms. The smallest absolute Gasteiger partial charge is 0.251 e. The quantitative estimate of drug-likeness (QED) is 0.688. The Kier molecular flexibility index (Phi) is 5.37. The van der Waals surface area contributed by atoms with Crippen molar-refractivity contribution in [1.82, 2.24) is 10.5 Å². The minimum absolute atomic E-state index is 0.155. The lowest BCUT2D eigenvalue weighted by Crippen LogP contribution is -2.23. The molecule has 0 fully saturated rings. The molecule has 7 nitrogen and oxygen atoms in total. The van der Waals surface area contributed by atoms with Gasteiger partial charge in [0.25, 0.3) is 5.91 Å². The second kappa shape index (κ2) is 8.26. The molecule has 1 N–H and O–H groups in total. The van der Waals surface area contributed by atoms with Gasteiger partial charge >= 0.3 is 0 Å². The van der Waals surface area contributed by atoms with Gasteiger partial charge in [0.1, 0.15) is 31.3 Å². The number of nitrogens with one attached hydrogen (secondary N) is 1. The molecule has 0 saturated carbocycles. The first-order valence-corrected chi connectivity index (χ1v) is 9.41. The van der Waals surface area contributed by atoms with Gasteiger partial charge in [0.05, 0.1) is 11.3 Å². The summed E-state index contributed by atoms with van der Waals surface area (Å²) >= 11 is 0. The molecule has 29 heavy (non-hydrogen) atoms. The number of hydrogen-bond donors (Lipinski definition) is 1. The molecule has 2 heterocycles. The molecule has 1 amide bonds. The van der Waals surface area contributed by atoms with Crippen molar-refractivity contribution in [2.45, 2.75) is 27.0 Å². The minimum atomic E-state index is -0.155. The highest BCUT2D eigenvalue weighted by Crippen LogP contribution is 2.30. The molecule has 1 aliphatic rings. The topological polar surface area (TPSA) is 82.8 Å². The van der Waals surface area contributed by atoms with Crippen molar-refractivity contribution >= 4 is 5.91 Å². The van der Waals surface area contributed by atoms with Crippen molar-refractivity contribution in [2.24, 2.45) is 0 Å². The predicted molar refractivity (Wildman–Crippen MR) is 105 cm³/mol. The second-order valence-electron chi connectivity index (χ2n) is 6.78. The van der Waals surface area contributed by atoms with E-state index in [1.165, 1.54) is 0 Å². The van der Waals surface area contributed by atoms with E-state index in [2.05, 4.69) is 10.5 Å². The number of ether oxygens (including phenoxy) is 3. The van der Waals surface area contributed by atoms with Crippen LogP contribution in [0.15, 0.2) is 47.0 Å². The van der Waals surface area contributed by atoms with Gasteiger partial charge < -0.3 is 24.1 Å². The monoisotopic (exact) mass is 394 g/mol. The van der Waals surface area contributed by atoms with Crippen LogP contribution in [0.2, 0.25) is 0 Å². The average Bonchev–Trinajstić information content (AvgIpc) is 3.08. The van der Waals surface area contributed by atoms with Gasteiger partial charge in [-0.25, -0.2) is 0 Å². The number of carbonyl (C=O) groups excluding carboxylic acids is 1. The third-order valence-electron chi connectivity index (χ3n) is 4.74. The first-order valence-electron chi connectivity index (χ1n) is 9.41. The van der Waals surface area contributed by atoms with Gasteiger partial charge in [-0.3, -0.25) is 4.79 Å². The third kappa shape index (κ3) is 4.34. The van der Waals surface area contributed by atoms with E-state index in [0.717, 1.165) is 28.3 Å². The number of rotatable bonds is 6. The van der Waals surface area contributed by atoms with Crippen molar-refractivity contribution < 1.29 is 23.5 Å². The van der Waals surface area contributed by atoms with E-state index in [4.69, 9.17) is 18.7 Å². The molecule has 1 aliphatic heterocycles. The number of benzene rings is 2. The van der Waals surface area contributed by atoms with Crippen LogP contribution in [-0.4, -0.2) is 24.3 Å². The van der Waals surface area contributed by atoms with Crippen LogP contribution in [0.3, 0.4) is 0 Å². The summed E-state index contributed by atoms with van der Waals surface area (Å²) in [6, 6.07) is 12.7. The van der Waals surface area contributed by atoms with E-state index in [1.54, 1.807) is 24.3 Å². The molecule has 0 radical (unpaired) electrons. The van der Waals surface area contributed by atoms with Crippen LogP contribution in [0.25, 0.3) is 0 Å². The third-order valence-corrected chi connectivity index (χ3v) is 4.74. The Morgan fingerprint density at radius 2 is 1.83 bits per heavy atom. The summed E-state index contributed by atoms with van der Waals surface area (Å²) in [5.74, 6) is 2.71. The van der Waals surface area contributed by atoms with Crippen molar-refractivity contribution in [3.63, 3.8) is 0 Å². The summed E-state index contributed by atoms with van der Waals surface area (Å²) in [5.41, 5.74) is 3.26. The number of amides is 1. The Labute approximate surface area is 168 Å². The Morgan fingerprint density at radius 3 is 2.55 bits per heavy atom. The van der Waals surface area contributed by atoms with Crippen LogP contribution >= 0.6 is 0 Å². The molecule has 1 aromatic heterocycles. The summed E-state index contributed by atoms with van der Waals surface area (Å²) in [6.07, 6.45) is 0. The van der Waals surface area contributed by atoms with E-state index in [1.807, 2.05) is 32.0 Å². The highest BCUT2D eigenvalue weighted by atomic mass is 16.6. The van der Waals surface area contributed by atoms with Crippen LogP contribution in [-0.2, 0) is 13.2 Å². The summed E-state index contributed by atoms with van der Waals surface area (Å²) in [5, 5.41) is 6.83. The summed E-state index contributed by atoms with van der Waals surface area (Å²) < 4.78 is 22.0. The van der Waals surface area contributed by atoms with Crippen molar-refractivity contribution in [3.8, 4) is 17.2 Å². The number of nitrogens with zero attached hydrogens (tertiary/aromatic N) is 1. The molecule has 150 valence electrons. The Hall–Kier alpha value is -3.48. The molecule has 2 aromatic carbocycles. The zero-order valence-corrected chi connectivity index (χ0v) is 16.4. The van der Waals surface area contributed by atoms with Crippen molar-refractivity contribution in [3.05, 3.63) is 70.6 Å². The highest BCUT2D eigenvalue weighted by molar-refractivity contribution is 5.94. The lowest BCUT2D eigenvalue weighted by Gasteiger charge is -2.19. The zero-order valence-electron chi connectivity index (χ0n) is 16.4. The molecular weight excluding hydrogens is 372 g/mol. The Morgan fingerprint density at radius 1 is 1.07 bits per heavy atom. The number of hydrogen-bond acceptors (Lipinski definition) is 6. The molecule has 0 spiro atoms. The lowest BCUT2D eigenvalue weighted by molar-refractivity contribution is 0.0950. The zero-order chi connectivity index (χ0) is 20.2.